The maximum absolute atomic E-state index is 10.2. The highest BCUT2D eigenvalue weighted by Crippen LogP contribution is 2.29. The largest absolute Gasteiger partial charge is 0.388 e. The van der Waals surface area contributed by atoms with Crippen molar-refractivity contribution in [3.63, 3.8) is 0 Å². The minimum absolute atomic E-state index is 0.412. The van der Waals surface area contributed by atoms with Crippen LogP contribution in [0.1, 0.15) is 63.3 Å². The average Bonchev–Trinajstić information content (AvgIpc) is 2.58. The van der Waals surface area contributed by atoms with Gasteiger partial charge in [0.25, 0.3) is 0 Å². The third kappa shape index (κ3) is 4.41. The van der Waals surface area contributed by atoms with E-state index in [1.807, 2.05) is 31.3 Å². The molecule has 0 fully saturated rings. The zero-order chi connectivity index (χ0) is 15.8. The molecule has 1 atom stereocenters. The summed E-state index contributed by atoms with van der Waals surface area (Å²) in [6.45, 7) is 4.23. The Morgan fingerprint density at radius 2 is 1.82 bits per heavy atom. The molecule has 0 radical (unpaired) electrons. The van der Waals surface area contributed by atoms with Crippen molar-refractivity contribution in [3.05, 3.63) is 53.9 Å². The predicted octanol–water partition coefficient (Wildman–Crippen LogP) is 5.31. The van der Waals surface area contributed by atoms with Crippen LogP contribution in [-0.4, -0.2) is 10.1 Å². The van der Waals surface area contributed by atoms with Gasteiger partial charge in [0.05, 0.1) is 6.10 Å². The number of rotatable bonds is 8. The highest BCUT2D eigenvalue weighted by Gasteiger charge is 2.11. The van der Waals surface area contributed by atoms with Gasteiger partial charge in [0.15, 0.2) is 0 Å². The first kappa shape index (κ1) is 16.7. The van der Waals surface area contributed by atoms with Crippen LogP contribution in [0.2, 0.25) is 0 Å². The summed E-state index contributed by atoms with van der Waals surface area (Å²) in [5, 5.41) is 10.2. The number of aliphatic hydroxyl groups is 1. The Labute approximate surface area is 134 Å². The number of aromatic nitrogens is 1. The van der Waals surface area contributed by atoms with Crippen LogP contribution in [0.4, 0.5) is 0 Å². The number of pyridine rings is 1. The molecule has 0 aliphatic heterocycles. The fraction of sp³-hybridized carbons (Fsp3) is 0.450. The Bertz CT molecular complexity index is 562. The molecule has 2 aromatic rings. The first-order valence-electron chi connectivity index (χ1n) is 8.48. The molecule has 1 heterocycles. The molecule has 2 rings (SSSR count). The van der Waals surface area contributed by atoms with Gasteiger partial charge in [0.1, 0.15) is 0 Å². The lowest BCUT2D eigenvalue weighted by atomic mass is 9.96. The number of benzene rings is 1. The van der Waals surface area contributed by atoms with Gasteiger partial charge < -0.3 is 5.11 Å². The molecule has 0 aliphatic carbocycles. The van der Waals surface area contributed by atoms with Crippen LogP contribution in [-0.2, 0) is 6.42 Å². The summed E-state index contributed by atoms with van der Waals surface area (Å²) in [6, 6.07) is 12.3. The minimum Gasteiger partial charge on any atom is -0.388 e. The summed E-state index contributed by atoms with van der Waals surface area (Å²) in [7, 11) is 0. The summed E-state index contributed by atoms with van der Waals surface area (Å²) >= 11 is 0. The lowest BCUT2D eigenvalue weighted by Crippen LogP contribution is -1.98. The standard InChI is InChI=1S/C20H27NO/c1-3-5-6-7-10-17-14-13-16(15-21-17)18-11-8-9-12-19(18)20(22)4-2/h8-9,11-15,20,22H,3-7,10H2,1-2H3. The van der Waals surface area contributed by atoms with Gasteiger partial charge in [0, 0.05) is 17.5 Å². The second-order valence-corrected chi connectivity index (χ2v) is 5.86. The van der Waals surface area contributed by atoms with Crippen molar-refractivity contribution in [3.8, 4) is 11.1 Å². The smallest absolute Gasteiger partial charge is 0.0793 e. The van der Waals surface area contributed by atoms with Crippen LogP contribution in [0.25, 0.3) is 11.1 Å². The lowest BCUT2D eigenvalue weighted by molar-refractivity contribution is 0.174. The molecule has 0 saturated heterocycles. The van der Waals surface area contributed by atoms with Gasteiger partial charge in [-0.05, 0) is 36.5 Å². The molecule has 0 spiro atoms. The SMILES string of the molecule is CCCCCCc1ccc(-c2ccccc2C(O)CC)cn1. The van der Waals surface area contributed by atoms with Gasteiger partial charge in [0.2, 0.25) is 0 Å². The van der Waals surface area contributed by atoms with E-state index in [0.717, 1.165) is 35.2 Å². The van der Waals surface area contributed by atoms with Crippen LogP contribution >= 0.6 is 0 Å². The third-order valence-corrected chi connectivity index (χ3v) is 4.13. The topological polar surface area (TPSA) is 33.1 Å². The van der Waals surface area contributed by atoms with Crippen molar-refractivity contribution in [2.24, 2.45) is 0 Å². The highest BCUT2D eigenvalue weighted by atomic mass is 16.3. The van der Waals surface area contributed by atoms with Gasteiger partial charge >= 0.3 is 0 Å². The number of hydrogen-bond donors (Lipinski definition) is 1. The Kier molecular flexibility index (Phi) is 6.60. The molecule has 0 aliphatic rings. The fourth-order valence-corrected chi connectivity index (χ4v) is 2.73. The van der Waals surface area contributed by atoms with Gasteiger partial charge in [-0.2, -0.15) is 0 Å². The van der Waals surface area contributed by atoms with Crippen LogP contribution in [0.15, 0.2) is 42.6 Å². The molecule has 1 N–H and O–H groups in total. The number of unbranched alkanes of at least 4 members (excludes halogenated alkanes) is 3. The first-order chi connectivity index (χ1) is 10.8. The molecular formula is C20H27NO. The maximum Gasteiger partial charge on any atom is 0.0793 e. The van der Waals surface area contributed by atoms with Crippen molar-refractivity contribution < 1.29 is 5.11 Å². The molecular weight excluding hydrogens is 270 g/mol. The van der Waals surface area contributed by atoms with Crippen molar-refractivity contribution >= 4 is 0 Å². The fourth-order valence-electron chi connectivity index (χ4n) is 2.73. The van der Waals surface area contributed by atoms with Crippen LogP contribution in [0.5, 0.6) is 0 Å². The molecule has 1 unspecified atom stereocenters. The number of hydrogen-bond acceptors (Lipinski definition) is 2. The van der Waals surface area contributed by atoms with Crippen molar-refractivity contribution in [1.82, 2.24) is 4.98 Å². The van der Waals surface area contributed by atoms with E-state index in [1.165, 1.54) is 25.7 Å². The minimum atomic E-state index is -0.412. The second kappa shape index (κ2) is 8.70. The highest BCUT2D eigenvalue weighted by molar-refractivity contribution is 5.67. The Morgan fingerprint density at radius 3 is 2.50 bits per heavy atom. The van der Waals surface area contributed by atoms with Crippen LogP contribution in [0.3, 0.4) is 0 Å². The molecule has 0 bridgehead atoms. The third-order valence-electron chi connectivity index (χ3n) is 4.13. The van der Waals surface area contributed by atoms with Gasteiger partial charge in [-0.3, -0.25) is 4.98 Å². The summed E-state index contributed by atoms with van der Waals surface area (Å²) in [5.41, 5.74) is 4.32. The molecule has 0 saturated carbocycles. The van der Waals surface area contributed by atoms with E-state index >= 15 is 0 Å². The molecule has 0 amide bonds. The van der Waals surface area contributed by atoms with E-state index in [2.05, 4.69) is 30.1 Å². The Morgan fingerprint density at radius 1 is 1.00 bits per heavy atom. The van der Waals surface area contributed by atoms with Crippen LogP contribution < -0.4 is 0 Å². The Balaban J connectivity index is 2.10. The Hall–Kier alpha value is -1.67. The first-order valence-corrected chi connectivity index (χ1v) is 8.48. The quantitative estimate of drug-likeness (QED) is 0.669. The van der Waals surface area contributed by atoms with E-state index in [-0.39, 0.29) is 0 Å². The van der Waals surface area contributed by atoms with E-state index in [0.29, 0.717) is 0 Å². The number of nitrogens with zero attached hydrogens (tertiary/aromatic N) is 1. The van der Waals surface area contributed by atoms with E-state index in [4.69, 9.17) is 0 Å². The maximum atomic E-state index is 10.2. The average molecular weight is 297 g/mol. The van der Waals surface area contributed by atoms with Crippen molar-refractivity contribution in [2.75, 3.05) is 0 Å². The molecule has 1 aromatic heterocycles. The molecule has 22 heavy (non-hydrogen) atoms. The number of aliphatic hydroxyl groups excluding tert-OH is 1. The zero-order valence-electron chi connectivity index (χ0n) is 13.8. The number of aryl methyl sites for hydroxylation is 1. The lowest BCUT2D eigenvalue weighted by Gasteiger charge is -2.14. The molecule has 118 valence electrons. The summed E-state index contributed by atoms with van der Waals surface area (Å²) in [4.78, 5) is 4.60. The van der Waals surface area contributed by atoms with Crippen molar-refractivity contribution in [1.29, 1.82) is 0 Å². The normalized spacial score (nSPS) is 12.3. The second-order valence-electron chi connectivity index (χ2n) is 5.86. The van der Waals surface area contributed by atoms with Crippen molar-refractivity contribution in [2.45, 2.75) is 58.5 Å². The molecule has 2 nitrogen and oxygen atoms in total. The van der Waals surface area contributed by atoms with E-state index in [1.54, 1.807) is 0 Å². The van der Waals surface area contributed by atoms with E-state index in [9.17, 15) is 5.11 Å². The van der Waals surface area contributed by atoms with Gasteiger partial charge in [-0.1, -0.05) is 63.4 Å². The summed E-state index contributed by atoms with van der Waals surface area (Å²) in [5.74, 6) is 0. The molecule has 1 aromatic carbocycles. The molecule has 2 heteroatoms. The monoisotopic (exact) mass is 297 g/mol. The summed E-state index contributed by atoms with van der Waals surface area (Å²) < 4.78 is 0. The van der Waals surface area contributed by atoms with E-state index < -0.39 is 6.10 Å². The van der Waals surface area contributed by atoms with Gasteiger partial charge in [-0.25, -0.2) is 0 Å². The predicted molar refractivity (Wildman–Crippen MR) is 92.8 cm³/mol. The van der Waals surface area contributed by atoms with Crippen LogP contribution in [0, 0.1) is 0 Å². The van der Waals surface area contributed by atoms with Gasteiger partial charge in [-0.15, -0.1) is 0 Å². The summed E-state index contributed by atoms with van der Waals surface area (Å²) in [6.07, 6.45) is 8.38. The zero-order valence-corrected chi connectivity index (χ0v) is 13.8.